The zero-order chi connectivity index (χ0) is 23.9. The lowest BCUT2D eigenvalue weighted by molar-refractivity contribution is -0.140. The fourth-order valence-electron chi connectivity index (χ4n) is 4.41. The summed E-state index contributed by atoms with van der Waals surface area (Å²) in [6.45, 7) is 1.32. The number of amides is 1. The number of aromatic amines is 1. The Morgan fingerprint density at radius 1 is 1.18 bits per heavy atom. The van der Waals surface area contributed by atoms with Gasteiger partial charge in [-0.25, -0.2) is 4.98 Å². The van der Waals surface area contributed by atoms with Crippen LogP contribution in [-0.2, 0) is 11.0 Å². The molecule has 1 aliphatic heterocycles. The lowest BCUT2D eigenvalue weighted by Gasteiger charge is -2.34. The number of hydrogen-bond donors (Lipinski definition) is 1. The molecule has 4 heterocycles. The van der Waals surface area contributed by atoms with Crippen molar-refractivity contribution in [3.05, 3.63) is 53.9 Å². The van der Waals surface area contributed by atoms with Gasteiger partial charge in [-0.15, -0.1) is 11.3 Å². The first-order chi connectivity index (χ1) is 16.3. The van der Waals surface area contributed by atoms with Gasteiger partial charge in [0.25, 0.3) is 0 Å². The standard InChI is InChI=1S/C23H21F3N6OS/c1-31(22-28-8-11-34-22)21(33)14-5-9-32(10-6-14)19-4-7-27-18-3-2-15(12-16(18)19)17-13-29-30-20(17)23(24,25)26/h2-4,7-8,11-14H,5-6,9-10H2,1H3,(H,29,30). The molecule has 0 bridgehead atoms. The highest BCUT2D eigenvalue weighted by Gasteiger charge is 2.36. The van der Waals surface area contributed by atoms with Crippen molar-refractivity contribution in [2.24, 2.45) is 5.92 Å². The van der Waals surface area contributed by atoms with Gasteiger partial charge < -0.3 is 4.90 Å². The molecule has 1 saturated heterocycles. The van der Waals surface area contributed by atoms with Crippen LogP contribution in [-0.4, -0.2) is 46.2 Å². The molecule has 0 saturated carbocycles. The average Bonchev–Trinajstić information content (AvgIpc) is 3.55. The van der Waals surface area contributed by atoms with Crippen molar-refractivity contribution in [1.82, 2.24) is 20.2 Å². The van der Waals surface area contributed by atoms with E-state index in [9.17, 15) is 18.0 Å². The number of hydrogen-bond acceptors (Lipinski definition) is 6. The Bertz CT molecular complexity index is 1310. The molecule has 5 rings (SSSR count). The van der Waals surface area contributed by atoms with Crippen LogP contribution in [0, 0.1) is 5.92 Å². The van der Waals surface area contributed by atoms with E-state index < -0.39 is 11.9 Å². The van der Waals surface area contributed by atoms with Crippen LogP contribution in [0.15, 0.2) is 48.2 Å². The van der Waals surface area contributed by atoms with Crippen molar-refractivity contribution in [2.45, 2.75) is 19.0 Å². The number of nitrogens with one attached hydrogen (secondary N) is 1. The number of anilines is 2. The molecule has 1 aromatic carbocycles. The van der Waals surface area contributed by atoms with E-state index in [1.807, 2.05) is 11.4 Å². The minimum Gasteiger partial charge on any atom is -0.371 e. The van der Waals surface area contributed by atoms with E-state index in [0.29, 0.717) is 42.1 Å². The number of aromatic nitrogens is 4. The second-order valence-electron chi connectivity index (χ2n) is 8.19. The van der Waals surface area contributed by atoms with Gasteiger partial charge in [-0.1, -0.05) is 6.07 Å². The smallest absolute Gasteiger partial charge is 0.371 e. The number of H-pyrrole nitrogens is 1. The minimum absolute atomic E-state index is 0.00117. The molecule has 1 amide bonds. The van der Waals surface area contributed by atoms with E-state index >= 15 is 0 Å². The van der Waals surface area contributed by atoms with E-state index in [1.54, 1.807) is 42.5 Å². The summed E-state index contributed by atoms with van der Waals surface area (Å²) in [7, 11) is 1.75. The summed E-state index contributed by atoms with van der Waals surface area (Å²) in [4.78, 5) is 25.3. The summed E-state index contributed by atoms with van der Waals surface area (Å²) < 4.78 is 40.1. The van der Waals surface area contributed by atoms with E-state index in [-0.39, 0.29) is 17.4 Å². The number of thiazole rings is 1. The lowest BCUT2D eigenvalue weighted by atomic mass is 9.94. The van der Waals surface area contributed by atoms with E-state index in [2.05, 4.69) is 25.1 Å². The quantitative estimate of drug-likeness (QED) is 0.440. The number of nitrogens with zero attached hydrogens (tertiary/aromatic N) is 5. The Kier molecular flexibility index (Phi) is 5.72. The van der Waals surface area contributed by atoms with Gasteiger partial charge in [-0.2, -0.15) is 18.3 Å². The number of halogens is 3. The highest BCUT2D eigenvalue weighted by atomic mass is 32.1. The molecule has 0 radical (unpaired) electrons. The van der Waals surface area contributed by atoms with E-state index in [0.717, 1.165) is 11.1 Å². The van der Waals surface area contributed by atoms with Crippen molar-refractivity contribution < 1.29 is 18.0 Å². The zero-order valence-corrected chi connectivity index (χ0v) is 19.0. The third kappa shape index (κ3) is 4.11. The zero-order valence-electron chi connectivity index (χ0n) is 18.2. The van der Waals surface area contributed by atoms with Gasteiger partial charge in [-0.05, 0) is 36.6 Å². The Morgan fingerprint density at radius 3 is 2.68 bits per heavy atom. The molecule has 4 aromatic rings. The molecule has 11 heteroatoms. The first-order valence-electron chi connectivity index (χ1n) is 10.7. The fourth-order valence-corrected chi connectivity index (χ4v) is 5.03. The molecule has 34 heavy (non-hydrogen) atoms. The van der Waals surface area contributed by atoms with Crippen molar-refractivity contribution >= 4 is 39.0 Å². The van der Waals surface area contributed by atoms with Gasteiger partial charge in [0.15, 0.2) is 5.13 Å². The maximum atomic E-state index is 13.4. The molecule has 0 unspecified atom stereocenters. The van der Waals surface area contributed by atoms with E-state index in [4.69, 9.17) is 0 Å². The number of alkyl halides is 3. The number of benzene rings is 1. The monoisotopic (exact) mass is 486 g/mol. The van der Waals surface area contributed by atoms with Crippen LogP contribution in [0.25, 0.3) is 22.0 Å². The Labute approximate surface area is 197 Å². The molecule has 3 aromatic heterocycles. The number of piperidine rings is 1. The maximum Gasteiger partial charge on any atom is 0.433 e. The molecular weight excluding hydrogens is 465 g/mol. The summed E-state index contributed by atoms with van der Waals surface area (Å²) in [6, 6.07) is 6.94. The predicted octanol–water partition coefficient (Wildman–Crippen LogP) is 4.98. The van der Waals surface area contributed by atoms with Crippen molar-refractivity contribution in [3.8, 4) is 11.1 Å². The van der Waals surface area contributed by atoms with E-state index in [1.165, 1.54) is 17.5 Å². The number of carbonyl (C=O) groups is 1. The molecule has 0 spiro atoms. The van der Waals surface area contributed by atoms with Gasteiger partial charge >= 0.3 is 6.18 Å². The second kappa shape index (κ2) is 8.71. The van der Waals surface area contributed by atoms with Gasteiger partial charge in [-0.3, -0.25) is 19.8 Å². The topological polar surface area (TPSA) is 78.0 Å². The highest BCUT2D eigenvalue weighted by Crippen LogP contribution is 2.38. The number of carbonyl (C=O) groups excluding carboxylic acids is 1. The Morgan fingerprint density at radius 2 is 1.97 bits per heavy atom. The lowest BCUT2D eigenvalue weighted by Crippen LogP contribution is -2.41. The van der Waals surface area contributed by atoms with Crippen molar-refractivity contribution in [1.29, 1.82) is 0 Å². The first kappa shape index (κ1) is 22.3. The third-order valence-corrected chi connectivity index (χ3v) is 7.02. The molecule has 1 N–H and O–H groups in total. The Balaban J connectivity index is 1.39. The SMILES string of the molecule is CN(C(=O)C1CCN(c2ccnc3ccc(-c4cn[nH]c4C(F)(F)F)cc23)CC1)c1nccs1. The molecule has 0 aliphatic carbocycles. The van der Waals surface area contributed by atoms with Crippen LogP contribution in [0.3, 0.4) is 0 Å². The first-order valence-corrected chi connectivity index (χ1v) is 11.6. The summed E-state index contributed by atoms with van der Waals surface area (Å²) >= 11 is 1.42. The molecule has 1 fully saturated rings. The largest absolute Gasteiger partial charge is 0.433 e. The van der Waals surface area contributed by atoms with Crippen molar-refractivity contribution in [3.63, 3.8) is 0 Å². The third-order valence-electron chi connectivity index (χ3n) is 6.17. The molecule has 176 valence electrons. The molecule has 0 atom stereocenters. The average molecular weight is 487 g/mol. The van der Waals surface area contributed by atoms with Crippen molar-refractivity contribution in [2.75, 3.05) is 29.9 Å². The van der Waals surface area contributed by atoms with Crippen LogP contribution in [0.4, 0.5) is 24.0 Å². The normalized spacial score (nSPS) is 15.1. The second-order valence-corrected chi connectivity index (χ2v) is 9.06. The van der Waals surface area contributed by atoms with Gasteiger partial charge in [0, 0.05) is 60.5 Å². The predicted molar refractivity (Wildman–Crippen MR) is 125 cm³/mol. The molecule has 1 aliphatic rings. The minimum atomic E-state index is -4.53. The Hall–Kier alpha value is -3.47. The summed E-state index contributed by atoms with van der Waals surface area (Å²) in [5, 5.41) is 8.95. The van der Waals surface area contributed by atoms with Crippen LogP contribution in [0.1, 0.15) is 18.5 Å². The van der Waals surface area contributed by atoms with Crippen LogP contribution >= 0.6 is 11.3 Å². The summed E-state index contributed by atoms with van der Waals surface area (Å²) in [5.41, 5.74) is 1.13. The highest BCUT2D eigenvalue weighted by molar-refractivity contribution is 7.13. The number of fused-ring (bicyclic) bond motifs is 1. The maximum absolute atomic E-state index is 13.4. The van der Waals surface area contributed by atoms with Crippen LogP contribution in [0.5, 0.6) is 0 Å². The number of rotatable bonds is 4. The molecule has 7 nitrogen and oxygen atoms in total. The van der Waals surface area contributed by atoms with Gasteiger partial charge in [0.1, 0.15) is 5.69 Å². The van der Waals surface area contributed by atoms with Gasteiger partial charge in [0.05, 0.1) is 11.7 Å². The molecular formula is C23H21F3N6OS. The summed E-state index contributed by atoms with van der Waals surface area (Å²) in [5.74, 6) is -0.0507. The summed E-state index contributed by atoms with van der Waals surface area (Å²) in [6.07, 6.45) is 1.39. The van der Waals surface area contributed by atoms with Gasteiger partial charge in [0.2, 0.25) is 5.91 Å². The van der Waals surface area contributed by atoms with Crippen LogP contribution < -0.4 is 9.80 Å². The fraction of sp³-hybridized carbons (Fsp3) is 0.304. The number of pyridine rings is 1. The van der Waals surface area contributed by atoms with Crippen LogP contribution in [0.2, 0.25) is 0 Å².